The Morgan fingerprint density at radius 2 is 2.00 bits per heavy atom. The summed E-state index contributed by atoms with van der Waals surface area (Å²) in [5.74, 6) is 0.978. The third-order valence-electron chi connectivity index (χ3n) is 4.28. The van der Waals surface area contributed by atoms with Gasteiger partial charge in [0, 0.05) is 19.5 Å². The zero-order chi connectivity index (χ0) is 12.2. The normalized spacial score (nSPS) is 27.7. The first-order chi connectivity index (χ1) is 7.49. The SMILES string of the molecule is CCC(=O)N1CCCCCC(C)(C(C)C)C1. The maximum Gasteiger partial charge on any atom is 0.222 e. The predicted octanol–water partition coefficient (Wildman–Crippen LogP) is 3.46. The second-order valence-corrected chi connectivity index (χ2v) is 5.79. The molecule has 0 N–H and O–H groups in total. The largest absolute Gasteiger partial charge is 0.342 e. The molecule has 2 heteroatoms. The molecular formula is C14H27NO. The van der Waals surface area contributed by atoms with Gasteiger partial charge in [-0.3, -0.25) is 4.79 Å². The van der Waals surface area contributed by atoms with Crippen LogP contribution >= 0.6 is 0 Å². The molecule has 1 aliphatic heterocycles. The fourth-order valence-electron chi connectivity index (χ4n) is 2.51. The molecule has 1 fully saturated rings. The van der Waals surface area contributed by atoms with E-state index in [4.69, 9.17) is 0 Å². The average Bonchev–Trinajstić information content (AvgIpc) is 2.22. The Morgan fingerprint density at radius 1 is 1.31 bits per heavy atom. The monoisotopic (exact) mass is 225 g/mol. The van der Waals surface area contributed by atoms with Crippen LogP contribution in [0, 0.1) is 11.3 Å². The Morgan fingerprint density at radius 3 is 2.56 bits per heavy atom. The van der Waals surface area contributed by atoms with Gasteiger partial charge in [-0.05, 0) is 24.2 Å². The lowest BCUT2D eigenvalue weighted by Gasteiger charge is -2.40. The second kappa shape index (κ2) is 5.70. The number of hydrogen-bond donors (Lipinski definition) is 0. The molecule has 0 aromatic carbocycles. The van der Waals surface area contributed by atoms with Crippen LogP contribution in [-0.4, -0.2) is 23.9 Å². The number of rotatable bonds is 2. The van der Waals surface area contributed by atoms with Crippen LogP contribution in [0.1, 0.15) is 59.8 Å². The van der Waals surface area contributed by atoms with Crippen molar-refractivity contribution in [1.82, 2.24) is 4.90 Å². The molecule has 1 amide bonds. The van der Waals surface area contributed by atoms with Crippen molar-refractivity contribution in [2.45, 2.75) is 59.8 Å². The van der Waals surface area contributed by atoms with E-state index in [1.807, 2.05) is 6.92 Å². The van der Waals surface area contributed by atoms with E-state index >= 15 is 0 Å². The van der Waals surface area contributed by atoms with Gasteiger partial charge in [0.25, 0.3) is 0 Å². The highest BCUT2D eigenvalue weighted by molar-refractivity contribution is 5.75. The highest BCUT2D eigenvalue weighted by atomic mass is 16.2. The summed E-state index contributed by atoms with van der Waals surface area (Å²) in [7, 11) is 0. The standard InChI is InChI=1S/C14H27NO/c1-5-13(16)15-10-8-6-7-9-14(4,11-15)12(2)3/h12H,5-11H2,1-4H3. The Hall–Kier alpha value is -0.530. The maximum absolute atomic E-state index is 11.9. The van der Waals surface area contributed by atoms with Gasteiger partial charge in [0.1, 0.15) is 0 Å². The molecule has 1 heterocycles. The number of amides is 1. The molecule has 16 heavy (non-hydrogen) atoms. The van der Waals surface area contributed by atoms with Gasteiger partial charge in [-0.25, -0.2) is 0 Å². The predicted molar refractivity (Wildman–Crippen MR) is 68.3 cm³/mol. The van der Waals surface area contributed by atoms with E-state index in [2.05, 4.69) is 25.7 Å². The van der Waals surface area contributed by atoms with Crippen LogP contribution in [0.5, 0.6) is 0 Å². The number of nitrogens with zero attached hydrogens (tertiary/aromatic N) is 1. The Balaban J connectivity index is 2.74. The highest BCUT2D eigenvalue weighted by Gasteiger charge is 2.32. The van der Waals surface area contributed by atoms with Crippen molar-refractivity contribution >= 4 is 5.91 Å². The molecule has 1 aliphatic rings. The maximum atomic E-state index is 11.9. The smallest absolute Gasteiger partial charge is 0.222 e. The van der Waals surface area contributed by atoms with Crippen molar-refractivity contribution in [1.29, 1.82) is 0 Å². The zero-order valence-corrected chi connectivity index (χ0v) is 11.4. The molecule has 1 saturated heterocycles. The van der Waals surface area contributed by atoms with Crippen LogP contribution in [0.25, 0.3) is 0 Å². The van der Waals surface area contributed by atoms with E-state index in [1.54, 1.807) is 0 Å². The molecule has 0 saturated carbocycles. The van der Waals surface area contributed by atoms with Gasteiger partial charge in [-0.1, -0.05) is 40.5 Å². The summed E-state index contributed by atoms with van der Waals surface area (Å²) in [6.45, 7) is 10.8. The van der Waals surface area contributed by atoms with Crippen molar-refractivity contribution < 1.29 is 4.79 Å². The summed E-state index contributed by atoms with van der Waals surface area (Å²) < 4.78 is 0. The Bertz CT molecular complexity index is 237. The van der Waals surface area contributed by atoms with Crippen molar-refractivity contribution in [2.75, 3.05) is 13.1 Å². The van der Waals surface area contributed by atoms with Crippen LogP contribution in [0.2, 0.25) is 0 Å². The first-order valence-corrected chi connectivity index (χ1v) is 6.77. The number of carbonyl (C=O) groups excluding carboxylic acids is 1. The molecular weight excluding hydrogens is 198 g/mol. The summed E-state index contributed by atoms with van der Waals surface area (Å²) in [4.78, 5) is 14.0. The van der Waals surface area contributed by atoms with Gasteiger partial charge >= 0.3 is 0 Å². The number of hydrogen-bond acceptors (Lipinski definition) is 1. The summed E-state index contributed by atoms with van der Waals surface area (Å²) in [5.41, 5.74) is 0.311. The fourth-order valence-corrected chi connectivity index (χ4v) is 2.51. The quantitative estimate of drug-likeness (QED) is 0.704. The minimum Gasteiger partial charge on any atom is -0.342 e. The Kier molecular flexibility index (Phi) is 4.82. The van der Waals surface area contributed by atoms with Crippen molar-refractivity contribution in [3.63, 3.8) is 0 Å². The van der Waals surface area contributed by atoms with Crippen molar-refractivity contribution in [3.05, 3.63) is 0 Å². The average molecular weight is 225 g/mol. The molecule has 0 bridgehead atoms. The lowest BCUT2D eigenvalue weighted by atomic mass is 9.74. The highest BCUT2D eigenvalue weighted by Crippen LogP contribution is 2.35. The molecule has 1 atom stereocenters. The van der Waals surface area contributed by atoms with E-state index in [9.17, 15) is 4.79 Å². The topological polar surface area (TPSA) is 20.3 Å². The van der Waals surface area contributed by atoms with E-state index in [1.165, 1.54) is 25.7 Å². The van der Waals surface area contributed by atoms with Gasteiger partial charge < -0.3 is 4.90 Å². The van der Waals surface area contributed by atoms with E-state index in [0.29, 0.717) is 23.7 Å². The summed E-state index contributed by atoms with van der Waals surface area (Å²) in [6.07, 6.45) is 5.69. The van der Waals surface area contributed by atoms with Gasteiger partial charge in [0.05, 0.1) is 0 Å². The molecule has 0 spiro atoms. The number of carbonyl (C=O) groups is 1. The first kappa shape index (κ1) is 13.5. The van der Waals surface area contributed by atoms with Gasteiger partial charge in [-0.15, -0.1) is 0 Å². The third-order valence-corrected chi connectivity index (χ3v) is 4.28. The third kappa shape index (κ3) is 3.23. The minimum atomic E-state index is 0.311. The molecule has 1 unspecified atom stereocenters. The molecule has 94 valence electrons. The van der Waals surface area contributed by atoms with Gasteiger partial charge in [-0.2, -0.15) is 0 Å². The summed E-state index contributed by atoms with van der Waals surface area (Å²) >= 11 is 0. The Labute approximate surface area is 100 Å². The molecule has 2 nitrogen and oxygen atoms in total. The fraction of sp³-hybridized carbons (Fsp3) is 0.929. The van der Waals surface area contributed by atoms with Gasteiger partial charge in [0.2, 0.25) is 5.91 Å². The molecule has 0 aromatic rings. The molecule has 0 aliphatic carbocycles. The molecule has 0 radical (unpaired) electrons. The van der Waals surface area contributed by atoms with E-state index < -0.39 is 0 Å². The van der Waals surface area contributed by atoms with Crippen LogP contribution in [0.3, 0.4) is 0 Å². The molecule has 0 aromatic heterocycles. The summed E-state index contributed by atoms with van der Waals surface area (Å²) in [5, 5.41) is 0. The van der Waals surface area contributed by atoms with Crippen molar-refractivity contribution in [3.8, 4) is 0 Å². The van der Waals surface area contributed by atoms with E-state index in [-0.39, 0.29) is 0 Å². The van der Waals surface area contributed by atoms with Gasteiger partial charge in [0.15, 0.2) is 0 Å². The van der Waals surface area contributed by atoms with Crippen LogP contribution in [0.15, 0.2) is 0 Å². The van der Waals surface area contributed by atoms with Crippen LogP contribution in [0.4, 0.5) is 0 Å². The zero-order valence-electron chi connectivity index (χ0n) is 11.4. The first-order valence-electron chi connectivity index (χ1n) is 6.77. The lowest BCUT2D eigenvalue weighted by Crippen LogP contribution is -2.43. The number of likely N-dealkylation sites (tertiary alicyclic amines) is 1. The summed E-state index contributed by atoms with van der Waals surface area (Å²) in [6, 6.07) is 0. The van der Waals surface area contributed by atoms with Crippen molar-refractivity contribution in [2.24, 2.45) is 11.3 Å². The van der Waals surface area contributed by atoms with Crippen LogP contribution < -0.4 is 0 Å². The van der Waals surface area contributed by atoms with Crippen LogP contribution in [-0.2, 0) is 4.79 Å². The lowest BCUT2D eigenvalue weighted by molar-refractivity contribution is -0.133. The van der Waals surface area contributed by atoms with E-state index in [0.717, 1.165) is 13.1 Å². The second-order valence-electron chi connectivity index (χ2n) is 5.79. The molecule has 1 rings (SSSR count). The minimum absolute atomic E-state index is 0.311.